The molecule has 6 nitrogen and oxygen atoms in total. The summed E-state index contributed by atoms with van der Waals surface area (Å²) in [5.41, 5.74) is 3.76. The third-order valence-electron chi connectivity index (χ3n) is 5.35. The average Bonchev–Trinajstić information content (AvgIpc) is 3.09. The minimum Gasteiger partial charge on any atom is -0.350 e. The van der Waals surface area contributed by atoms with Gasteiger partial charge in [0.1, 0.15) is 0 Å². The van der Waals surface area contributed by atoms with Crippen molar-refractivity contribution in [2.45, 2.75) is 37.2 Å². The van der Waals surface area contributed by atoms with E-state index in [2.05, 4.69) is 10.3 Å². The molecule has 0 saturated carbocycles. The number of aromatic nitrogens is 1. The minimum atomic E-state index is -3.66. The van der Waals surface area contributed by atoms with E-state index in [0.717, 1.165) is 40.4 Å². The van der Waals surface area contributed by atoms with Crippen LogP contribution in [0, 0.1) is 0 Å². The molecule has 29 heavy (non-hydrogen) atoms. The van der Waals surface area contributed by atoms with E-state index in [1.807, 2.05) is 36.4 Å². The molecule has 7 heteroatoms. The molecule has 0 saturated heterocycles. The summed E-state index contributed by atoms with van der Waals surface area (Å²) in [7, 11) is -2.07. The summed E-state index contributed by atoms with van der Waals surface area (Å²) >= 11 is 0. The first-order valence-electron chi connectivity index (χ1n) is 9.54. The first-order chi connectivity index (χ1) is 13.8. The molecule has 4 rings (SSSR count). The number of fused-ring (bicyclic) bond motifs is 2. The van der Waals surface area contributed by atoms with Crippen LogP contribution in [-0.4, -0.2) is 30.7 Å². The second kappa shape index (κ2) is 7.57. The van der Waals surface area contributed by atoms with Gasteiger partial charge in [0.2, 0.25) is 15.9 Å². The number of rotatable bonds is 5. The Labute approximate surface area is 170 Å². The fourth-order valence-corrected chi connectivity index (χ4v) is 5.08. The lowest BCUT2D eigenvalue weighted by Crippen LogP contribution is -2.27. The number of aryl methyl sites for hydroxylation is 1. The molecular weight excluding hydrogens is 386 g/mol. The number of carbonyl (C=O) groups excluding carboxylic acids is 1. The fourth-order valence-electron chi connectivity index (χ4n) is 3.88. The van der Waals surface area contributed by atoms with Gasteiger partial charge in [-0.2, -0.15) is 4.31 Å². The first kappa shape index (κ1) is 19.5. The molecule has 1 N–H and O–H groups in total. The number of benzene rings is 2. The van der Waals surface area contributed by atoms with Crippen molar-refractivity contribution in [3.63, 3.8) is 0 Å². The molecule has 1 aliphatic rings. The largest absolute Gasteiger partial charge is 0.350 e. The predicted molar refractivity (Wildman–Crippen MR) is 112 cm³/mol. The summed E-state index contributed by atoms with van der Waals surface area (Å²) in [6.07, 6.45) is 3.36. The Morgan fingerprint density at radius 1 is 1.21 bits per heavy atom. The van der Waals surface area contributed by atoms with E-state index < -0.39 is 10.0 Å². The summed E-state index contributed by atoms with van der Waals surface area (Å²) < 4.78 is 27.7. The van der Waals surface area contributed by atoms with Gasteiger partial charge in [-0.1, -0.05) is 18.2 Å². The monoisotopic (exact) mass is 409 g/mol. The van der Waals surface area contributed by atoms with E-state index in [4.69, 9.17) is 0 Å². The number of hydrogen-bond acceptors (Lipinski definition) is 4. The van der Waals surface area contributed by atoms with E-state index in [1.54, 1.807) is 25.4 Å². The topological polar surface area (TPSA) is 79.4 Å². The molecule has 1 unspecified atom stereocenters. The highest BCUT2D eigenvalue weighted by atomic mass is 32.2. The number of amides is 1. The Kier molecular flexibility index (Phi) is 5.10. The zero-order valence-electron chi connectivity index (χ0n) is 16.4. The Hall–Kier alpha value is -2.77. The van der Waals surface area contributed by atoms with Gasteiger partial charge in [-0.15, -0.1) is 0 Å². The summed E-state index contributed by atoms with van der Waals surface area (Å²) in [5, 5.41) is 3.89. The van der Waals surface area contributed by atoms with Gasteiger partial charge in [-0.3, -0.25) is 9.78 Å². The highest BCUT2D eigenvalue weighted by Crippen LogP contribution is 2.33. The van der Waals surface area contributed by atoms with Crippen LogP contribution in [-0.2, 0) is 27.8 Å². The second-order valence-corrected chi connectivity index (χ2v) is 9.49. The molecule has 150 valence electrons. The third-order valence-corrected chi connectivity index (χ3v) is 7.15. The number of hydrogen-bond donors (Lipinski definition) is 1. The Morgan fingerprint density at radius 2 is 2.03 bits per heavy atom. The van der Waals surface area contributed by atoms with Crippen LogP contribution in [0.4, 0.5) is 0 Å². The predicted octanol–water partition coefficient (Wildman–Crippen LogP) is 3.18. The van der Waals surface area contributed by atoms with Gasteiger partial charge >= 0.3 is 0 Å². The molecule has 0 bridgehead atoms. The van der Waals surface area contributed by atoms with Crippen LogP contribution in [0.1, 0.15) is 36.1 Å². The molecule has 1 aliphatic carbocycles. The van der Waals surface area contributed by atoms with E-state index >= 15 is 0 Å². The molecule has 0 radical (unpaired) electrons. The third kappa shape index (κ3) is 3.88. The van der Waals surface area contributed by atoms with Crippen molar-refractivity contribution in [1.82, 2.24) is 14.6 Å². The molecule has 1 amide bonds. The van der Waals surface area contributed by atoms with E-state index in [1.165, 1.54) is 11.2 Å². The molecular formula is C22H23N3O3S. The van der Waals surface area contributed by atoms with Gasteiger partial charge in [0.05, 0.1) is 16.5 Å². The zero-order valence-corrected chi connectivity index (χ0v) is 17.2. The van der Waals surface area contributed by atoms with Crippen LogP contribution in [0.25, 0.3) is 10.9 Å². The lowest BCUT2D eigenvalue weighted by Gasteiger charge is -2.19. The van der Waals surface area contributed by atoms with Crippen LogP contribution in [0.2, 0.25) is 0 Å². The van der Waals surface area contributed by atoms with Crippen LogP contribution in [0.3, 0.4) is 0 Å². The maximum atomic E-state index is 13.2. The number of carbonyl (C=O) groups is 1. The zero-order chi connectivity index (χ0) is 20.6. The van der Waals surface area contributed by atoms with Crippen molar-refractivity contribution in [3.8, 4) is 0 Å². The van der Waals surface area contributed by atoms with E-state index in [-0.39, 0.29) is 23.4 Å². The molecule has 1 aromatic heterocycles. The van der Waals surface area contributed by atoms with Crippen LogP contribution < -0.4 is 5.32 Å². The van der Waals surface area contributed by atoms with Gasteiger partial charge < -0.3 is 5.32 Å². The summed E-state index contributed by atoms with van der Waals surface area (Å²) in [6.45, 7) is 1.74. The van der Waals surface area contributed by atoms with E-state index in [9.17, 15) is 13.2 Å². The van der Waals surface area contributed by atoms with Crippen LogP contribution in [0.5, 0.6) is 0 Å². The van der Waals surface area contributed by atoms with Crippen molar-refractivity contribution in [2.75, 3.05) is 7.05 Å². The van der Waals surface area contributed by atoms with Crippen molar-refractivity contribution in [2.24, 2.45) is 0 Å². The van der Waals surface area contributed by atoms with Gasteiger partial charge in [-0.25, -0.2) is 8.42 Å². The molecule has 3 aromatic rings. The smallest absolute Gasteiger partial charge is 0.243 e. The molecule has 1 atom stereocenters. The van der Waals surface area contributed by atoms with Crippen molar-refractivity contribution in [1.29, 1.82) is 0 Å². The maximum absolute atomic E-state index is 13.2. The highest BCUT2D eigenvalue weighted by molar-refractivity contribution is 7.89. The number of nitrogens with zero attached hydrogens (tertiary/aromatic N) is 2. The maximum Gasteiger partial charge on any atom is 0.243 e. The lowest BCUT2D eigenvalue weighted by atomic mass is 10.1. The highest BCUT2D eigenvalue weighted by Gasteiger charge is 2.27. The van der Waals surface area contributed by atoms with Crippen LogP contribution >= 0.6 is 0 Å². The van der Waals surface area contributed by atoms with Gasteiger partial charge in [0, 0.05) is 32.1 Å². The Balaban J connectivity index is 1.59. The standard InChI is InChI=1S/C22H23N3O3S/c1-15(26)24-22-10-7-17-6-8-19(13-20(17)22)29(27,28)25(2)14-16-5-9-21-18(12-16)4-3-11-23-21/h3-6,8-9,11-13,22H,7,10,14H2,1-2H3,(H,24,26). The van der Waals surface area contributed by atoms with E-state index in [0.29, 0.717) is 0 Å². The normalized spacial score (nSPS) is 16.2. The average molecular weight is 410 g/mol. The SMILES string of the molecule is CC(=O)NC1CCc2ccc(S(=O)(=O)N(C)Cc3ccc4ncccc4c3)cc21. The molecule has 0 spiro atoms. The van der Waals surface area contributed by atoms with Crippen molar-refractivity contribution >= 4 is 26.8 Å². The first-order valence-corrected chi connectivity index (χ1v) is 11.0. The van der Waals surface area contributed by atoms with Crippen LogP contribution in [0.15, 0.2) is 59.6 Å². The van der Waals surface area contributed by atoms with Crippen molar-refractivity contribution in [3.05, 3.63) is 71.4 Å². The Morgan fingerprint density at radius 3 is 2.83 bits per heavy atom. The molecule has 1 heterocycles. The second-order valence-electron chi connectivity index (χ2n) is 7.44. The van der Waals surface area contributed by atoms with Gasteiger partial charge in [0.25, 0.3) is 0 Å². The fraction of sp³-hybridized carbons (Fsp3) is 0.273. The quantitative estimate of drug-likeness (QED) is 0.702. The van der Waals surface area contributed by atoms with Gasteiger partial charge in [-0.05, 0) is 59.9 Å². The van der Waals surface area contributed by atoms with Gasteiger partial charge in [0.15, 0.2) is 0 Å². The number of pyridine rings is 1. The Bertz CT molecular complexity index is 1190. The number of nitrogens with one attached hydrogen (secondary N) is 1. The molecule has 2 aromatic carbocycles. The summed E-state index contributed by atoms with van der Waals surface area (Å²) in [5.74, 6) is -0.112. The van der Waals surface area contributed by atoms with Crippen molar-refractivity contribution < 1.29 is 13.2 Å². The minimum absolute atomic E-state index is 0.112. The molecule has 0 fully saturated rings. The number of sulfonamides is 1. The summed E-state index contributed by atoms with van der Waals surface area (Å²) in [6, 6.07) is 14.7. The molecule has 0 aliphatic heterocycles. The lowest BCUT2D eigenvalue weighted by molar-refractivity contribution is -0.119. The summed E-state index contributed by atoms with van der Waals surface area (Å²) in [4.78, 5) is 16.0.